The quantitative estimate of drug-likeness (QED) is 0.187. The molecule has 0 N–H and O–H groups in total. The molecule has 33 heavy (non-hydrogen) atoms. The standard InChI is InChI=1S/C23H16BrClN4O4/c1-14-27-21-7-6-17(24)11-19(21)23(30)28(14)26-12-15-5-8-22(20(25)10-15)33-13-16-3-2-4-18(9-16)29(31)32/h2-12H,13H2,1H3. The lowest BCUT2D eigenvalue weighted by Crippen LogP contribution is -2.20. The van der Waals surface area contributed by atoms with Crippen LogP contribution in [0, 0.1) is 17.0 Å². The Hall–Kier alpha value is -3.56. The van der Waals surface area contributed by atoms with Crippen molar-refractivity contribution in [2.75, 3.05) is 0 Å². The zero-order valence-corrected chi connectivity index (χ0v) is 19.6. The van der Waals surface area contributed by atoms with E-state index in [1.165, 1.54) is 23.0 Å². The average molecular weight is 528 g/mol. The Kier molecular flexibility index (Phi) is 6.52. The molecule has 0 spiro atoms. The van der Waals surface area contributed by atoms with Crippen molar-refractivity contribution in [3.05, 3.63) is 108 Å². The second-order valence-corrected chi connectivity index (χ2v) is 8.41. The molecule has 1 heterocycles. The number of ether oxygens (including phenoxy) is 1. The topological polar surface area (TPSA) is 99.6 Å². The molecule has 10 heteroatoms. The van der Waals surface area contributed by atoms with E-state index in [1.54, 1.807) is 49.4 Å². The van der Waals surface area contributed by atoms with Crippen LogP contribution in [0.5, 0.6) is 5.75 Å². The largest absolute Gasteiger partial charge is 0.487 e. The van der Waals surface area contributed by atoms with E-state index < -0.39 is 4.92 Å². The van der Waals surface area contributed by atoms with Gasteiger partial charge < -0.3 is 4.74 Å². The van der Waals surface area contributed by atoms with Gasteiger partial charge in [0.2, 0.25) is 0 Å². The van der Waals surface area contributed by atoms with Gasteiger partial charge in [0.05, 0.1) is 27.1 Å². The Bertz CT molecular complexity index is 1470. The Labute approximate surface area is 201 Å². The summed E-state index contributed by atoms with van der Waals surface area (Å²) in [6.07, 6.45) is 1.51. The van der Waals surface area contributed by atoms with Crippen LogP contribution in [0.1, 0.15) is 17.0 Å². The molecule has 0 saturated carbocycles. The molecule has 0 saturated heterocycles. The van der Waals surface area contributed by atoms with Gasteiger partial charge in [-0.3, -0.25) is 14.9 Å². The van der Waals surface area contributed by atoms with Crippen LogP contribution in [0.3, 0.4) is 0 Å². The van der Waals surface area contributed by atoms with Crippen molar-refractivity contribution in [3.8, 4) is 5.75 Å². The second-order valence-electron chi connectivity index (χ2n) is 7.09. The van der Waals surface area contributed by atoms with Crippen LogP contribution in [-0.2, 0) is 6.61 Å². The van der Waals surface area contributed by atoms with Gasteiger partial charge >= 0.3 is 0 Å². The lowest BCUT2D eigenvalue weighted by molar-refractivity contribution is -0.384. The molecule has 0 amide bonds. The van der Waals surface area contributed by atoms with Gasteiger partial charge in [-0.25, -0.2) is 4.98 Å². The highest BCUT2D eigenvalue weighted by Gasteiger charge is 2.09. The van der Waals surface area contributed by atoms with Crippen LogP contribution in [0.2, 0.25) is 5.02 Å². The third kappa shape index (κ3) is 5.10. The summed E-state index contributed by atoms with van der Waals surface area (Å²) >= 11 is 9.70. The lowest BCUT2D eigenvalue weighted by atomic mass is 10.2. The van der Waals surface area contributed by atoms with Crippen LogP contribution in [0.15, 0.2) is 75.0 Å². The minimum absolute atomic E-state index is 0.00479. The summed E-state index contributed by atoms with van der Waals surface area (Å²) in [4.78, 5) is 27.7. The molecule has 0 atom stereocenters. The number of fused-ring (bicyclic) bond motifs is 1. The molecule has 4 aromatic rings. The van der Waals surface area contributed by atoms with E-state index in [1.807, 2.05) is 6.07 Å². The van der Waals surface area contributed by atoms with Crippen molar-refractivity contribution in [1.82, 2.24) is 9.66 Å². The Morgan fingerprint density at radius 2 is 2.03 bits per heavy atom. The zero-order valence-electron chi connectivity index (χ0n) is 17.2. The molecule has 0 bridgehead atoms. The first-order chi connectivity index (χ1) is 15.8. The van der Waals surface area contributed by atoms with Crippen molar-refractivity contribution in [1.29, 1.82) is 0 Å². The molecule has 0 aliphatic carbocycles. The third-order valence-electron chi connectivity index (χ3n) is 4.76. The summed E-state index contributed by atoms with van der Waals surface area (Å²) in [5, 5.41) is 16.0. The molecule has 0 radical (unpaired) electrons. The van der Waals surface area contributed by atoms with E-state index in [9.17, 15) is 14.9 Å². The highest BCUT2D eigenvalue weighted by Crippen LogP contribution is 2.26. The van der Waals surface area contributed by atoms with Crippen LogP contribution in [0.25, 0.3) is 10.9 Å². The van der Waals surface area contributed by atoms with Gasteiger partial charge in [0.25, 0.3) is 11.2 Å². The normalized spacial score (nSPS) is 11.2. The maximum atomic E-state index is 12.8. The van der Waals surface area contributed by atoms with Crippen molar-refractivity contribution in [2.24, 2.45) is 5.10 Å². The summed E-state index contributed by atoms with van der Waals surface area (Å²) < 4.78 is 7.71. The minimum atomic E-state index is -0.457. The van der Waals surface area contributed by atoms with Gasteiger partial charge in [0.1, 0.15) is 18.2 Å². The Morgan fingerprint density at radius 1 is 1.21 bits per heavy atom. The fourth-order valence-corrected chi connectivity index (χ4v) is 3.76. The van der Waals surface area contributed by atoms with Crippen LogP contribution in [0.4, 0.5) is 5.69 Å². The second kappa shape index (κ2) is 9.51. The molecule has 0 fully saturated rings. The highest BCUT2D eigenvalue weighted by atomic mass is 79.9. The summed E-state index contributed by atoms with van der Waals surface area (Å²) in [7, 11) is 0. The van der Waals surface area contributed by atoms with Gasteiger partial charge in [-0.2, -0.15) is 9.78 Å². The predicted octanol–water partition coefficient (Wildman–Crippen LogP) is 5.49. The van der Waals surface area contributed by atoms with Crippen molar-refractivity contribution >= 4 is 50.3 Å². The average Bonchev–Trinajstić information content (AvgIpc) is 2.79. The van der Waals surface area contributed by atoms with Gasteiger partial charge in [0.15, 0.2) is 0 Å². The number of nitro groups is 1. The number of aryl methyl sites for hydroxylation is 1. The van der Waals surface area contributed by atoms with E-state index in [4.69, 9.17) is 16.3 Å². The maximum Gasteiger partial charge on any atom is 0.282 e. The zero-order chi connectivity index (χ0) is 23.5. The number of aromatic nitrogens is 2. The number of non-ortho nitro benzene ring substituents is 1. The fraction of sp³-hybridized carbons (Fsp3) is 0.0870. The Morgan fingerprint density at radius 3 is 2.79 bits per heavy atom. The minimum Gasteiger partial charge on any atom is -0.487 e. The van der Waals surface area contributed by atoms with Crippen molar-refractivity contribution in [2.45, 2.75) is 13.5 Å². The van der Waals surface area contributed by atoms with Gasteiger partial charge in [-0.05, 0) is 54.4 Å². The number of nitrogens with zero attached hydrogens (tertiary/aromatic N) is 4. The van der Waals surface area contributed by atoms with E-state index in [-0.39, 0.29) is 17.9 Å². The molecule has 0 unspecified atom stereocenters. The molecule has 0 aliphatic rings. The van der Waals surface area contributed by atoms with Gasteiger partial charge in [-0.1, -0.05) is 39.7 Å². The monoisotopic (exact) mass is 526 g/mol. The first-order valence-electron chi connectivity index (χ1n) is 9.71. The smallest absolute Gasteiger partial charge is 0.282 e. The molecular weight excluding hydrogens is 512 g/mol. The van der Waals surface area contributed by atoms with E-state index >= 15 is 0 Å². The van der Waals surface area contributed by atoms with E-state index in [2.05, 4.69) is 26.0 Å². The van der Waals surface area contributed by atoms with Gasteiger partial charge in [-0.15, -0.1) is 0 Å². The number of hydrogen-bond acceptors (Lipinski definition) is 6. The van der Waals surface area contributed by atoms with Crippen molar-refractivity contribution < 1.29 is 9.66 Å². The van der Waals surface area contributed by atoms with Crippen molar-refractivity contribution in [3.63, 3.8) is 0 Å². The summed E-state index contributed by atoms with van der Waals surface area (Å²) in [6.45, 7) is 1.83. The van der Waals surface area contributed by atoms with E-state index in [0.29, 0.717) is 38.6 Å². The molecular formula is C23H16BrClN4O4. The highest BCUT2D eigenvalue weighted by molar-refractivity contribution is 9.10. The third-order valence-corrected chi connectivity index (χ3v) is 5.55. The molecule has 3 aromatic carbocycles. The maximum absolute atomic E-state index is 12.8. The lowest BCUT2D eigenvalue weighted by Gasteiger charge is -2.09. The number of hydrogen-bond donors (Lipinski definition) is 0. The fourth-order valence-electron chi connectivity index (χ4n) is 3.16. The first kappa shape index (κ1) is 22.6. The number of rotatable bonds is 6. The number of halogens is 2. The molecule has 1 aromatic heterocycles. The summed E-state index contributed by atoms with van der Waals surface area (Å²) in [5.74, 6) is 0.875. The predicted molar refractivity (Wildman–Crippen MR) is 130 cm³/mol. The molecule has 0 aliphatic heterocycles. The van der Waals surface area contributed by atoms with Crippen LogP contribution in [-0.4, -0.2) is 20.8 Å². The first-order valence-corrected chi connectivity index (χ1v) is 10.9. The molecule has 166 valence electrons. The number of benzene rings is 3. The van der Waals surface area contributed by atoms with Crippen LogP contribution < -0.4 is 10.3 Å². The molecule has 4 rings (SSSR count). The van der Waals surface area contributed by atoms with E-state index in [0.717, 1.165) is 4.47 Å². The molecule has 8 nitrogen and oxygen atoms in total. The Balaban J connectivity index is 1.53. The van der Waals surface area contributed by atoms with Gasteiger partial charge in [0, 0.05) is 16.6 Å². The SMILES string of the molecule is Cc1nc2ccc(Br)cc2c(=O)n1N=Cc1ccc(OCc2cccc([N+](=O)[O-])c2)c(Cl)c1. The summed E-state index contributed by atoms with van der Waals surface area (Å²) in [5.41, 5.74) is 1.62. The number of nitro benzene ring substituents is 1. The van der Waals surface area contributed by atoms with Crippen LogP contribution >= 0.6 is 27.5 Å². The summed E-state index contributed by atoms with van der Waals surface area (Å²) in [6, 6.07) is 16.6.